The lowest BCUT2D eigenvalue weighted by molar-refractivity contribution is 0.669. The molecule has 0 spiro atoms. The number of aromatic nitrogens is 1. The quantitative estimate of drug-likeness (QED) is 0.203. The van der Waals surface area contributed by atoms with Gasteiger partial charge < -0.3 is 13.9 Å². The Morgan fingerprint density at radius 2 is 1.09 bits per heavy atom. The van der Waals surface area contributed by atoms with Crippen LogP contribution in [-0.4, -0.2) is 4.57 Å². The van der Waals surface area contributed by atoms with Crippen LogP contribution in [0.2, 0.25) is 0 Å². The molecule has 7 aromatic carbocycles. The number of hydrogen-bond donors (Lipinski definition) is 0. The summed E-state index contributed by atoms with van der Waals surface area (Å²) in [5, 5.41) is 4.63. The summed E-state index contributed by atoms with van der Waals surface area (Å²) in [5.74, 6) is 0. The van der Waals surface area contributed by atoms with Crippen LogP contribution in [0, 0.1) is 0 Å². The van der Waals surface area contributed by atoms with Crippen LogP contribution in [0.5, 0.6) is 0 Å². The van der Waals surface area contributed by atoms with Crippen LogP contribution >= 0.6 is 0 Å². The minimum absolute atomic E-state index is 0.884. The number of hydrogen-bond acceptors (Lipinski definition) is 2. The maximum absolute atomic E-state index is 6.25. The van der Waals surface area contributed by atoms with Gasteiger partial charge in [0.2, 0.25) is 0 Å². The molecule has 0 bridgehead atoms. The zero-order valence-electron chi connectivity index (χ0n) is 24.5. The Balaban J connectivity index is 1.39. The van der Waals surface area contributed by atoms with E-state index in [1.54, 1.807) is 0 Å². The molecule has 0 unspecified atom stereocenters. The second-order valence-electron chi connectivity index (χ2n) is 11.4. The smallest absolute Gasteiger partial charge is 0.135 e. The summed E-state index contributed by atoms with van der Waals surface area (Å²) in [7, 11) is 0. The van der Waals surface area contributed by atoms with E-state index in [1.807, 2.05) is 12.1 Å². The van der Waals surface area contributed by atoms with Crippen molar-refractivity contribution >= 4 is 60.8 Å². The van der Waals surface area contributed by atoms with Crippen LogP contribution in [0.15, 0.2) is 174 Å². The average molecular weight is 577 g/mol. The Bertz CT molecular complexity index is 2490. The topological polar surface area (TPSA) is 21.3 Å². The zero-order valence-corrected chi connectivity index (χ0v) is 24.5. The standard InChI is InChI=1S/C42H28N2O/c1-3-14-29(15-4-1)32-18-7-10-21-36(32)44(31-26-27-41-35(28-31)33-19-9-12-25-40(33)45-41)39-24-13-23-38-42(39)34-20-8-11-22-37(34)43(38)30-16-5-2-6-17-30/h1-28H. The van der Waals surface area contributed by atoms with Crippen LogP contribution < -0.4 is 4.90 Å². The molecule has 212 valence electrons. The van der Waals surface area contributed by atoms with Crippen molar-refractivity contribution in [3.05, 3.63) is 170 Å². The number of fused-ring (bicyclic) bond motifs is 6. The first-order valence-electron chi connectivity index (χ1n) is 15.3. The minimum Gasteiger partial charge on any atom is -0.456 e. The number of rotatable bonds is 5. The fourth-order valence-electron chi connectivity index (χ4n) is 6.83. The fraction of sp³-hybridized carbons (Fsp3) is 0. The lowest BCUT2D eigenvalue weighted by Crippen LogP contribution is -2.11. The van der Waals surface area contributed by atoms with Crippen LogP contribution in [-0.2, 0) is 0 Å². The number of nitrogens with zero attached hydrogens (tertiary/aromatic N) is 2. The molecule has 0 aliphatic carbocycles. The van der Waals surface area contributed by atoms with E-state index in [1.165, 1.54) is 27.4 Å². The molecule has 0 saturated heterocycles. The highest BCUT2D eigenvalue weighted by molar-refractivity contribution is 6.17. The molecule has 0 aliphatic rings. The Kier molecular flexibility index (Phi) is 5.82. The summed E-state index contributed by atoms with van der Waals surface area (Å²) >= 11 is 0. The molecule has 9 rings (SSSR count). The molecule has 0 saturated carbocycles. The van der Waals surface area contributed by atoms with Crippen LogP contribution in [0.4, 0.5) is 17.1 Å². The number of furan rings is 1. The Labute approximate surface area is 260 Å². The molecular weight excluding hydrogens is 548 g/mol. The first kappa shape index (κ1) is 25.4. The largest absolute Gasteiger partial charge is 0.456 e. The zero-order chi connectivity index (χ0) is 29.7. The predicted octanol–water partition coefficient (Wildman–Crippen LogP) is 11.8. The van der Waals surface area contributed by atoms with Crippen molar-refractivity contribution in [3.8, 4) is 16.8 Å². The molecule has 0 atom stereocenters. The summed E-state index contributed by atoms with van der Waals surface area (Å²) < 4.78 is 8.63. The van der Waals surface area contributed by atoms with Crippen molar-refractivity contribution in [2.24, 2.45) is 0 Å². The third-order valence-corrected chi connectivity index (χ3v) is 8.78. The van der Waals surface area contributed by atoms with E-state index in [9.17, 15) is 0 Å². The van der Waals surface area contributed by atoms with E-state index in [2.05, 4.69) is 167 Å². The van der Waals surface area contributed by atoms with Crippen molar-refractivity contribution in [1.29, 1.82) is 0 Å². The maximum Gasteiger partial charge on any atom is 0.135 e. The van der Waals surface area contributed by atoms with Gasteiger partial charge in [0.15, 0.2) is 0 Å². The molecule has 0 radical (unpaired) electrons. The molecule has 0 fully saturated rings. The van der Waals surface area contributed by atoms with E-state index in [-0.39, 0.29) is 0 Å². The first-order valence-corrected chi connectivity index (χ1v) is 15.3. The van der Waals surface area contributed by atoms with Crippen molar-refractivity contribution in [1.82, 2.24) is 4.57 Å². The fourth-order valence-corrected chi connectivity index (χ4v) is 6.83. The highest BCUT2D eigenvalue weighted by atomic mass is 16.3. The SMILES string of the molecule is c1ccc(-c2ccccc2N(c2ccc3oc4ccccc4c3c2)c2cccc3c2c2ccccc2n3-c2ccccc2)cc1. The van der Waals surface area contributed by atoms with Crippen molar-refractivity contribution in [2.45, 2.75) is 0 Å². The Morgan fingerprint density at radius 1 is 0.444 bits per heavy atom. The van der Waals surface area contributed by atoms with E-state index in [4.69, 9.17) is 4.42 Å². The van der Waals surface area contributed by atoms with Gasteiger partial charge in [-0.2, -0.15) is 0 Å². The van der Waals surface area contributed by atoms with Crippen LogP contribution in [0.3, 0.4) is 0 Å². The van der Waals surface area contributed by atoms with Crippen LogP contribution in [0.25, 0.3) is 60.6 Å². The molecule has 9 aromatic rings. The molecule has 0 N–H and O–H groups in total. The van der Waals surface area contributed by atoms with Gasteiger partial charge in [-0.1, -0.05) is 109 Å². The monoisotopic (exact) mass is 576 g/mol. The molecular formula is C42H28N2O. The van der Waals surface area contributed by atoms with Crippen molar-refractivity contribution in [2.75, 3.05) is 4.90 Å². The molecule has 0 amide bonds. The van der Waals surface area contributed by atoms with Gasteiger partial charge in [0.25, 0.3) is 0 Å². The normalized spacial score (nSPS) is 11.6. The summed E-state index contributed by atoms with van der Waals surface area (Å²) in [5.41, 5.74) is 10.9. The summed E-state index contributed by atoms with van der Waals surface area (Å²) in [6.45, 7) is 0. The third kappa shape index (κ3) is 4.05. The van der Waals surface area contributed by atoms with E-state index in [0.29, 0.717) is 0 Å². The number of benzene rings is 7. The molecule has 0 aliphatic heterocycles. The van der Waals surface area contributed by atoms with Gasteiger partial charge in [-0.3, -0.25) is 0 Å². The van der Waals surface area contributed by atoms with Crippen molar-refractivity contribution < 1.29 is 4.42 Å². The highest BCUT2D eigenvalue weighted by Gasteiger charge is 2.23. The van der Waals surface area contributed by atoms with Gasteiger partial charge in [-0.05, 0) is 66.2 Å². The van der Waals surface area contributed by atoms with Gasteiger partial charge in [0.05, 0.1) is 22.4 Å². The van der Waals surface area contributed by atoms with Gasteiger partial charge in [-0.15, -0.1) is 0 Å². The first-order chi connectivity index (χ1) is 22.3. The van der Waals surface area contributed by atoms with E-state index >= 15 is 0 Å². The van der Waals surface area contributed by atoms with Gasteiger partial charge in [0.1, 0.15) is 11.2 Å². The number of anilines is 3. The van der Waals surface area contributed by atoms with Gasteiger partial charge in [-0.25, -0.2) is 0 Å². The molecule has 2 heterocycles. The lowest BCUT2D eigenvalue weighted by Gasteiger charge is -2.29. The summed E-state index contributed by atoms with van der Waals surface area (Å²) in [4.78, 5) is 2.42. The molecule has 3 nitrogen and oxygen atoms in total. The molecule has 2 aromatic heterocycles. The van der Waals surface area contributed by atoms with Crippen molar-refractivity contribution in [3.63, 3.8) is 0 Å². The van der Waals surface area contributed by atoms with E-state index < -0.39 is 0 Å². The second-order valence-corrected chi connectivity index (χ2v) is 11.4. The summed E-state index contributed by atoms with van der Waals surface area (Å²) in [6, 6.07) is 60.2. The second kappa shape index (κ2) is 10.3. The van der Waals surface area contributed by atoms with Gasteiger partial charge >= 0.3 is 0 Å². The maximum atomic E-state index is 6.25. The summed E-state index contributed by atoms with van der Waals surface area (Å²) in [6.07, 6.45) is 0. The minimum atomic E-state index is 0.884. The molecule has 3 heteroatoms. The molecule has 45 heavy (non-hydrogen) atoms. The number of para-hydroxylation sites is 4. The Morgan fingerprint density at radius 3 is 1.96 bits per heavy atom. The third-order valence-electron chi connectivity index (χ3n) is 8.78. The highest BCUT2D eigenvalue weighted by Crippen LogP contribution is 2.47. The predicted molar refractivity (Wildman–Crippen MR) is 188 cm³/mol. The Hall–Kier alpha value is -6.06. The van der Waals surface area contributed by atoms with Gasteiger partial charge in [0, 0.05) is 38.5 Å². The van der Waals surface area contributed by atoms with Crippen LogP contribution in [0.1, 0.15) is 0 Å². The van der Waals surface area contributed by atoms with E-state index in [0.717, 1.165) is 50.2 Å². The lowest BCUT2D eigenvalue weighted by atomic mass is 10.0. The average Bonchev–Trinajstić information content (AvgIpc) is 3.65.